The maximum atomic E-state index is 5.19. The lowest BCUT2D eigenvalue weighted by Gasteiger charge is -2.23. The second-order valence-electron chi connectivity index (χ2n) is 5.77. The fourth-order valence-electron chi connectivity index (χ4n) is 2.84. The van der Waals surface area contributed by atoms with Crippen molar-refractivity contribution < 1.29 is 4.74 Å². The molecule has 0 atom stereocenters. The number of methoxy groups -OCH3 is 1. The van der Waals surface area contributed by atoms with Gasteiger partial charge in [0.15, 0.2) is 11.2 Å². The molecule has 3 aromatic rings. The number of ether oxygens (including phenoxy) is 1. The third-order valence-corrected chi connectivity index (χ3v) is 4.18. The van der Waals surface area contributed by atoms with Crippen molar-refractivity contribution in [3.8, 4) is 11.4 Å². The maximum Gasteiger partial charge on any atom is 0.225 e. The van der Waals surface area contributed by atoms with Crippen LogP contribution >= 0.6 is 0 Å². The van der Waals surface area contributed by atoms with E-state index in [1.54, 1.807) is 18.0 Å². The van der Waals surface area contributed by atoms with E-state index in [1.165, 1.54) is 0 Å². The molecule has 0 saturated carbocycles. The highest BCUT2D eigenvalue weighted by molar-refractivity contribution is 5.72. The summed E-state index contributed by atoms with van der Waals surface area (Å²) in [6.45, 7) is 2.04. The van der Waals surface area contributed by atoms with Crippen molar-refractivity contribution >= 4 is 17.1 Å². The molecule has 0 radical (unpaired) electrons. The molecule has 0 bridgehead atoms. The number of hydrogen-bond acceptors (Lipinski definition) is 7. The summed E-state index contributed by atoms with van der Waals surface area (Å²) in [7, 11) is 1.64. The molecule has 1 aromatic carbocycles. The molecule has 0 aliphatic carbocycles. The van der Waals surface area contributed by atoms with Crippen LogP contribution in [0, 0.1) is 0 Å². The van der Waals surface area contributed by atoms with E-state index in [2.05, 4.69) is 30.9 Å². The topological polar surface area (TPSA) is 89.8 Å². The van der Waals surface area contributed by atoms with E-state index in [0.29, 0.717) is 23.2 Å². The molecule has 0 spiro atoms. The molecule has 8 heteroatoms. The first-order valence-electron chi connectivity index (χ1n) is 8.03. The average molecular weight is 325 g/mol. The van der Waals surface area contributed by atoms with Gasteiger partial charge in [-0.2, -0.15) is 9.67 Å². The van der Waals surface area contributed by atoms with E-state index in [0.717, 1.165) is 37.4 Å². The van der Waals surface area contributed by atoms with Gasteiger partial charge in [-0.3, -0.25) is 0 Å². The van der Waals surface area contributed by atoms with Gasteiger partial charge >= 0.3 is 0 Å². The Morgan fingerprint density at radius 3 is 2.75 bits per heavy atom. The van der Waals surface area contributed by atoms with Crippen LogP contribution in [0.2, 0.25) is 0 Å². The van der Waals surface area contributed by atoms with Crippen LogP contribution in [0.5, 0.6) is 5.75 Å². The van der Waals surface area contributed by atoms with Crippen LogP contribution < -0.4 is 15.4 Å². The van der Waals surface area contributed by atoms with Crippen LogP contribution in [0.4, 0.5) is 5.95 Å². The zero-order valence-corrected chi connectivity index (χ0v) is 13.4. The minimum Gasteiger partial charge on any atom is -0.497 e. The number of anilines is 1. The number of piperidine rings is 1. The van der Waals surface area contributed by atoms with Gasteiger partial charge in [-0.05, 0) is 50.2 Å². The Bertz CT molecular complexity index is 824. The third-order valence-electron chi connectivity index (χ3n) is 4.18. The Labute approximate surface area is 139 Å². The summed E-state index contributed by atoms with van der Waals surface area (Å²) < 4.78 is 6.90. The average Bonchev–Trinajstić information content (AvgIpc) is 3.06. The largest absolute Gasteiger partial charge is 0.497 e. The first-order valence-corrected chi connectivity index (χ1v) is 8.03. The molecule has 4 rings (SSSR count). The lowest BCUT2D eigenvalue weighted by molar-refractivity contribution is 0.414. The molecule has 1 aliphatic rings. The van der Waals surface area contributed by atoms with Crippen LogP contribution in [0.15, 0.2) is 30.5 Å². The number of aromatic nitrogens is 5. The van der Waals surface area contributed by atoms with Crippen LogP contribution in [-0.2, 0) is 0 Å². The zero-order valence-electron chi connectivity index (χ0n) is 13.4. The quantitative estimate of drug-likeness (QED) is 0.749. The molecular weight excluding hydrogens is 306 g/mol. The molecule has 1 fully saturated rings. The van der Waals surface area contributed by atoms with Gasteiger partial charge in [0, 0.05) is 6.04 Å². The van der Waals surface area contributed by atoms with Crippen LogP contribution in [0.25, 0.3) is 16.9 Å². The van der Waals surface area contributed by atoms with Crippen molar-refractivity contribution in [2.24, 2.45) is 0 Å². The Hall–Kier alpha value is -2.74. The molecule has 3 heterocycles. The van der Waals surface area contributed by atoms with E-state index in [-0.39, 0.29) is 0 Å². The van der Waals surface area contributed by atoms with Gasteiger partial charge in [0.1, 0.15) is 5.75 Å². The predicted molar refractivity (Wildman–Crippen MR) is 90.5 cm³/mol. The van der Waals surface area contributed by atoms with Gasteiger partial charge in [-0.15, -0.1) is 5.10 Å². The second kappa shape index (κ2) is 6.40. The van der Waals surface area contributed by atoms with Gasteiger partial charge in [0.25, 0.3) is 0 Å². The molecule has 1 saturated heterocycles. The lowest BCUT2D eigenvalue weighted by Crippen LogP contribution is -2.35. The highest BCUT2D eigenvalue weighted by Crippen LogP contribution is 2.19. The number of rotatable bonds is 4. The Balaban J connectivity index is 1.64. The van der Waals surface area contributed by atoms with Crippen LogP contribution in [0.3, 0.4) is 0 Å². The Kier molecular flexibility index (Phi) is 3.96. The summed E-state index contributed by atoms with van der Waals surface area (Å²) in [4.78, 5) is 8.97. The van der Waals surface area contributed by atoms with Gasteiger partial charge in [-0.25, -0.2) is 4.98 Å². The summed E-state index contributed by atoms with van der Waals surface area (Å²) in [6.07, 6.45) is 3.84. The summed E-state index contributed by atoms with van der Waals surface area (Å²) in [5.41, 5.74) is 2.23. The number of fused-ring (bicyclic) bond motifs is 1. The Morgan fingerprint density at radius 2 is 2.00 bits per heavy atom. The smallest absolute Gasteiger partial charge is 0.225 e. The molecule has 2 N–H and O–H groups in total. The van der Waals surface area contributed by atoms with Gasteiger partial charge in [-0.1, -0.05) is 5.21 Å². The van der Waals surface area contributed by atoms with Gasteiger partial charge in [0.2, 0.25) is 5.95 Å². The molecule has 0 amide bonds. The fourth-order valence-corrected chi connectivity index (χ4v) is 2.84. The Morgan fingerprint density at radius 1 is 1.21 bits per heavy atom. The normalized spacial score (nSPS) is 15.5. The summed E-state index contributed by atoms with van der Waals surface area (Å²) >= 11 is 0. The van der Waals surface area contributed by atoms with Gasteiger partial charge < -0.3 is 15.4 Å². The van der Waals surface area contributed by atoms with E-state index in [9.17, 15) is 0 Å². The van der Waals surface area contributed by atoms with Crippen molar-refractivity contribution in [1.82, 2.24) is 30.3 Å². The predicted octanol–water partition coefficient (Wildman–Crippen LogP) is 1.38. The van der Waals surface area contributed by atoms with Crippen LogP contribution in [0.1, 0.15) is 12.8 Å². The highest BCUT2D eigenvalue weighted by Gasteiger charge is 2.15. The highest BCUT2D eigenvalue weighted by atomic mass is 16.5. The minimum atomic E-state index is 0.397. The summed E-state index contributed by atoms with van der Waals surface area (Å²) in [5.74, 6) is 1.41. The molecule has 8 nitrogen and oxygen atoms in total. The SMILES string of the molecule is COc1ccc(-n2nnc3cnc(NC4CCNCC4)nc32)cc1. The minimum absolute atomic E-state index is 0.397. The lowest BCUT2D eigenvalue weighted by atomic mass is 10.1. The number of benzene rings is 1. The van der Waals surface area contributed by atoms with Crippen molar-refractivity contribution in [1.29, 1.82) is 0 Å². The number of nitrogens with zero attached hydrogens (tertiary/aromatic N) is 5. The zero-order chi connectivity index (χ0) is 16.4. The van der Waals surface area contributed by atoms with Crippen LogP contribution in [-0.4, -0.2) is 51.2 Å². The van der Waals surface area contributed by atoms with Gasteiger partial charge in [0.05, 0.1) is 19.0 Å². The number of hydrogen-bond donors (Lipinski definition) is 2. The monoisotopic (exact) mass is 325 g/mol. The first kappa shape index (κ1) is 14.8. The van der Waals surface area contributed by atoms with E-state index < -0.39 is 0 Å². The fraction of sp³-hybridized carbons (Fsp3) is 0.375. The van der Waals surface area contributed by atoms with Crippen molar-refractivity contribution in [2.45, 2.75) is 18.9 Å². The molecule has 24 heavy (non-hydrogen) atoms. The summed E-state index contributed by atoms with van der Waals surface area (Å²) in [6, 6.07) is 8.02. The first-order chi connectivity index (χ1) is 11.8. The second-order valence-corrected chi connectivity index (χ2v) is 5.77. The van der Waals surface area contributed by atoms with E-state index in [4.69, 9.17) is 4.74 Å². The van der Waals surface area contributed by atoms with E-state index >= 15 is 0 Å². The molecule has 1 aliphatic heterocycles. The van der Waals surface area contributed by atoms with Crippen molar-refractivity contribution in [2.75, 3.05) is 25.5 Å². The number of nitrogens with one attached hydrogen (secondary N) is 2. The maximum absolute atomic E-state index is 5.19. The standard InChI is InChI=1S/C16H19N7O/c1-24-13-4-2-12(3-5-13)23-15-14(21-22-23)10-18-16(20-15)19-11-6-8-17-9-7-11/h2-5,10-11,17H,6-9H2,1H3,(H,18,19,20). The molecule has 2 aromatic heterocycles. The van der Waals surface area contributed by atoms with Crippen molar-refractivity contribution in [3.05, 3.63) is 30.5 Å². The third kappa shape index (κ3) is 2.88. The van der Waals surface area contributed by atoms with Crippen molar-refractivity contribution in [3.63, 3.8) is 0 Å². The summed E-state index contributed by atoms with van der Waals surface area (Å²) in [5, 5.41) is 15.1. The molecule has 0 unspecified atom stereocenters. The van der Waals surface area contributed by atoms with E-state index in [1.807, 2.05) is 24.3 Å². The molecule has 124 valence electrons. The molecular formula is C16H19N7O.